The van der Waals surface area contributed by atoms with Gasteiger partial charge >= 0.3 is 0 Å². The van der Waals surface area contributed by atoms with Gasteiger partial charge < -0.3 is 14.2 Å². The van der Waals surface area contributed by atoms with Crippen LogP contribution in [-0.4, -0.2) is 20.3 Å². The Morgan fingerprint density at radius 3 is 2.00 bits per heavy atom. The first-order chi connectivity index (χ1) is 7.62. The predicted octanol–water partition coefficient (Wildman–Crippen LogP) is 3.19. The van der Waals surface area contributed by atoms with E-state index in [1.807, 2.05) is 26.0 Å². The van der Waals surface area contributed by atoms with Crippen molar-refractivity contribution < 1.29 is 14.2 Å². The molecule has 1 aromatic carbocycles. The highest BCUT2D eigenvalue weighted by Crippen LogP contribution is 2.39. The molecular weight excluding hydrogens is 204 g/mol. The van der Waals surface area contributed by atoms with Gasteiger partial charge in [-0.25, -0.2) is 0 Å². The molecule has 1 rings (SSSR count). The van der Waals surface area contributed by atoms with Gasteiger partial charge in [-0.15, -0.1) is 0 Å². The monoisotopic (exact) mass is 224 g/mol. The van der Waals surface area contributed by atoms with Gasteiger partial charge in [0.15, 0.2) is 11.5 Å². The van der Waals surface area contributed by atoms with Crippen LogP contribution in [0.25, 0.3) is 0 Å². The largest absolute Gasteiger partial charge is 0.493 e. The minimum atomic E-state index is 0.144. The lowest BCUT2D eigenvalue weighted by molar-refractivity contribution is 0.198. The van der Waals surface area contributed by atoms with E-state index in [1.54, 1.807) is 14.2 Å². The molecule has 1 atom stereocenters. The van der Waals surface area contributed by atoms with Crippen LogP contribution < -0.4 is 14.2 Å². The SMILES string of the molecule is CC[C@@H](C)Oc1c(OC)cc(C)cc1OC. The van der Waals surface area contributed by atoms with Gasteiger partial charge in [-0.1, -0.05) is 6.92 Å². The molecular formula is C13H20O3. The number of methoxy groups -OCH3 is 2. The van der Waals surface area contributed by atoms with Crippen LogP contribution in [0.5, 0.6) is 17.2 Å². The molecule has 0 radical (unpaired) electrons. The minimum absolute atomic E-state index is 0.144. The second-order valence-corrected chi connectivity index (χ2v) is 3.84. The van der Waals surface area contributed by atoms with Crippen molar-refractivity contribution in [1.29, 1.82) is 0 Å². The summed E-state index contributed by atoms with van der Waals surface area (Å²) in [6, 6.07) is 3.89. The van der Waals surface area contributed by atoms with Crippen LogP contribution in [-0.2, 0) is 0 Å². The molecule has 1 aromatic rings. The average Bonchev–Trinajstić information content (AvgIpc) is 2.30. The van der Waals surface area contributed by atoms with Crippen molar-refractivity contribution in [2.24, 2.45) is 0 Å². The van der Waals surface area contributed by atoms with Gasteiger partial charge in [-0.3, -0.25) is 0 Å². The van der Waals surface area contributed by atoms with E-state index in [0.29, 0.717) is 5.75 Å². The van der Waals surface area contributed by atoms with Crippen molar-refractivity contribution in [1.82, 2.24) is 0 Å². The second-order valence-electron chi connectivity index (χ2n) is 3.84. The highest BCUT2D eigenvalue weighted by Gasteiger charge is 2.14. The van der Waals surface area contributed by atoms with E-state index in [2.05, 4.69) is 6.92 Å². The molecule has 90 valence electrons. The van der Waals surface area contributed by atoms with Gasteiger partial charge in [0.25, 0.3) is 0 Å². The fourth-order valence-electron chi connectivity index (χ4n) is 1.41. The van der Waals surface area contributed by atoms with Crippen LogP contribution in [0.3, 0.4) is 0 Å². The normalized spacial score (nSPS) is 12.1. The molecule has 0 N–H and O–H groups in total. The van der Waals surface area contributed by atoms with Crippen molar-refractivity contribution in [3.05, 3.63) is 17.7 Å². The molecule has 3 heteroatoms. The highest BCUT2D eigenvalue weighted by atomic mass is 16.5. The van der Waals surface area contributed by atoms with E-state index >= 15 is 0 Å². The average molecular weight is 224 g/mol. The summed E-state index contributed by atoms with van der Waals surface area (Å²) in [4.78, 5) is 0. The van der Waals surface area contributed by atoms with Gasteiger partial charge in [-0.2, -0.15) is 0 Å². The maximum atomic E-state index is 5.81. The Kier molecular flexibility index (Phi) is 4.47. The van der Waals surface area contributed by atoms with Gasteiger partial charge in [-0.05, 0) is 38.0 Å². The highest BCUT2D eigenvalue weighted by molar-refractivity contribution is 5.53. The topological polar surface area (TPSA) is 27.7 Å². The first kappa shape index (κ1) is 12.7. The molecule has 0 aromatic heterocycles. The van der Waals surface area contributed by atoms with Crippen LogP contribution in [0, 0.1) is 6.92 Å². The summed E-state index contributed by atoms with van der Waals surface area (Å²) < 4.78 is 16.4. The van der Waals surface area contributed by atoms with Crippen molar-refractivity contribution in [2.75, 3.05) is 14.2 Å². The van der Waals surface area contributed by atoms with Crippen LogP contribution in [0.4, 0.5) is 0 Å². The number of benzene rings is 1. The van der Waals surface area contributed by atoms with E-state index in [4.69, 9.17) is 14.2 Å². The van der Waals surface area contributed by atoms with Crippen molar-refractivity contribution in [3.8, 4) is 17.2 Å². The van der Waals surface area contributed by atoms with Gasteiger partial charge in [0.1, 0.15) is 0 Å². The molecule has 16 heavy (non-hydrogen) atoms. The van der Waals surface area contributed by atoms with Crippen LogP contribution in [0.15, 0.2) is 12.1 Å². The third-order valence-electron chi connectivity index (χ3n) is 2.50. The standard InChI is InChI=1S/C13H20O3/c1-6-10(3)16-13-11(14-4)7-9(2)8-12(13)15-5/h7-8,10H,6H2,1-5H3/t10-/m1/s1. The van der Waals surface area contributed by atoms with Crippen molar-refractivity contribution in [3.63, 3.8) is 0 Å². The molecule has 0 aliphatic heterocycles. The lowest BCUT2D eigenvalue weighted by Gasteiger charge is -2.18. The molecule has 0 heterocycles. The summed E-state index contributed by atoms with van der Waals surface area (Å²) in [7, 11) is 3.27. The minimum Gasteiger partial charge on any atom is -0.493 e. The first-order valence-corrected chi connectivity index (χ1v) is 5.51. The Hall–Kier alpha value is -1.38. The fraction of sp³-hybridized carbons (Fsp3) is 0.538. The Morgan fingerprint density at radius 1 is 1.12 bits per heavy atom. The van der Waals surface area contributed by atoms with Crippen molar-refractivity contribution >= 4 is 0 Å². The molecule has 0 amide bonds. The molecule has 3 nitrogen and oxygen atoms in total. The van der Waals surface area contributed by atoms with Gasteiger partial charge in [0, 0.05) is 0 Å². The smallest absolute Gasteiger partial charge is 0.203 e. The van der Waals surface area contributed by atoms with E-state index in [1.165, 1.54) is 0 Å². The van der Waals surface area contributed by atoms with E-state index < -0.39 is 0 Å². The van der Waals surface area contributed by atoms with Crippen LogP contribution in [0.1, 0.15) is 25.8 Å². The Bertz CT molecular complexity index is 322. The summed E-state index contributed by atoms with van der Waals surface area (Å²) in [6.07, 6.45) is 1.09. The van der Waals surface area contributed by atoms with Crippen LogP contribution >= 0.6 is 0 Å². The third kappa shape index (κ3) is 2.81. The molecule has 0 aliphatic rings. The predicted molar refractivity (Wildman–Crippen MR) is 64.7 cm³/mol. The molecule has 0 aliphatic carbocycles. The van der Waals surface area contributed by atoms with E-state index in [9.17, 15) is 0 Å². The number of aryl methyl sites for hydroxylation is 1. The lowest BCUT2D eigenvalue weighted by Crippen LogP contribution is -2.11. The summed E-state index contributed by atoms with van der Waals surface area (Å²) in [5, 5.41) is 0. The number of hydrogen-bond donors (Lipinski definition) is 0. The summed E-state index contributed by atoms with van der Waals surface area (Å²) in [5.41, 5.74) is 1.09. The Morgan fingerprint density at radius 2 is 1.62 bits per heavy atom. The molecule has 0 bridgehead atoms. The summed E-state index contributed by atoms with van der Waals surface area (Å²) in [5.74, 6) is 2.12. The molecule has 0 unspecified atom stereocenters. The molecule has 0 saturated carbocycles. The molecule has 0 fully saturated rings. The third-order valence-corrected chi connectivity index (χ3v) is 2.50. The van der Waals surface area contributed by atoms with Crippen LogP contribution in [0.2, 0.25) is 0 Å². The Labute approximate surface area is 97.3 Å². The van der Waals surface area contributed by atoms with Crippen molar-refractivity contribution in [2.45, 2.75) is 33.3 Å². The lowest BCUT2D eigenvalue weighted by atomic mass is 10.2. The first-order valence-electron chi connectivity index (χ1n) is 5.51. The zero-order chi connectivity index (χ0) is 12.1. The quantitative estimate of drug-likeness (QED) is 0.768. The van der Waals surface area contributed by atoms with Gasteiger partial charge in [0.2, 0.25) is 5.75 Å². The van der Waals surface area contributed by atoms with E-state index in [0.717, 1.165) is 23.5 Å². The number of rotatable bonds is 5. The fourth-order valence-corrected chi connectivity index (χ4v) is 1.41. The van der Waals surface area contributed by atoms with E-state index in [-0.39, 0.29) is 6.10 Å². The molecule has 0 saturated heterocycles. The van der Waals surface area contributed by atoms with Gasteiger partial charge in [0.05, 0.1) is 20.3 Å². The number of ether oxygens (including phenoxy) is 3. The second kappa shape index (κ2) is 5.64. The Balaban J connectivity index is 3.11. The number of hydrogen-bond acceptors (Lipinski definition) is 3. The summed E-state index contributed by atoms with van der Waals surface area (Å²) in [6.45, 7) is 6.11. The maximum Gasteiger partial charge on any atom is 0.203 e. The maximum absolute atomic E-state index is 5.81. The zero-order valence-electron chi connectivity index (χ0n) is 10.7. The summed E-state index contributed by atoms with van der Waals surface area (Å²) >= 11 is 0. The molecule has 0 spiro atoms. The zero-order valence-corrected chi connectivity index (χ0v) is 10.7.